The van der Waals surface area contributed by atoms with Crippen molar-refractivity contribution in [2.45, 2.75) is 18.0 Å². The van der Waals surface area contributed by atoms with Gasteiger partial charge in [-0.1, -0.05) is 0 Å². The van der Waals surface area contributed by atoms with Gasteiger partial charge in [0, 0.05) is 13.7 Å². The van der Waals surface area contributed by atoms with E-state index in [0.717, 1.165) is 0 Å². The third kappa shape index (κ3) is 2.04. The minimum Gasteiger partial charge on any atom is -0.383 e. The molecule has 0 aromatic rings. The molecule has 8 heteroatoms. The number of nitrogens with two attached hydrogens (primary N) is 1. The van der Waals surface area contributed by atoms with Crippen LogP contribution in [0.25, 0.3) is 0 Å². The highest BCUT2D eigenvalue weighted by Crippen LogP contribution is 2.24. The zero-order valence-corrected chi connectivity index (χ0v) is 10.1. The van der Waals surface area contributed by atoms with Gasteiger partial charge in [-0.25, -0.2) is 4.79 Å². The van der Waals surface area contributed by atoms with Gasteiger partial charge in [0.15, 0.2) is 0 Å². The second kappa shape index (κ2) is 4.54. The zero-order chi connectivity index (χ0) is 13.3. The predicted octanol–water partition coefficient (Wildman–Crippen LogP) is -2.23. The van der Waals surface area contributed by atoms with E-state index in [4.69, 9.17) is 10.5 Å². The van der Waals surface area contributed by atoms with Crippen LogP contribution in [0.5, 0.6) is 0 Å². The fraction of sp³-hybridized carbons (Fsp3) is 0.700. The van der Waals surface area contributed by atoms with Gasteiger partial charge < -0.3 is 20.7 Å². The number of hydrogen-bond acceptors (Lipinski definition) is 5. The number of nitrogens with zero attached hydrogens (tertiary/aromatic N) is 1. The number of imide groups is 1. The van der Waals surface area contributed by atoms with E-state index >= 15 is 0 Å². The van der Waals surface area contributed by atoms with Crippen LogP contribution in [0.4, 0.5) is 4.79 Å². The van der Waals surface area contributed by atoms with Gasteiger partial charge >= 0.3 is 6.03 Å². The summed E-state index contributed by atoms with van der Waals surface area (Å²) in [7, 11) is 1.46. The first-order chi connectivity index (χ1) is 8.48. The van der Waals surface area contributed by atoms with Crippen LogP contribution in [0.15, 0.2) is 0 Å². The van der Waals surface area contributed by atoms with Crippen molar-refractivity contribution in [1.82, 2.24) is 15.5 Å². The molecule has 0 aromatic heterocycles. The normalized spacial score (nSPS) is 28.4. The first kappa shape index (κ1) is 12.8. The number of carbonyl (C=O) groups is 3. The molecule has 18 heavy (non-hydrogen) atoms. The van der Waals surface area contributed by atoms with E-state index in [9.17, 15) is 14.4 Å². The quantitative estimate of drug-likeness (QED) is 0.494. The van der Waals surface area contributed by atoms with Gasteiger partial charge in [-0.05, 0) is 6.42 Å². The molecular formula is C10H16N4O4. The molecule has 2 heterocycles. The van der Waals surface area contributed by atoms with E-state index in [1.807, 2.05) is 0 Å². The number of methoxy groups -OCH3 is 1. The van der Waals surface area contributed by atoms with E-state index in [-0.39, 0.29) is 25.0 Å². The van der Waals surface area contributed by atoms with Crippen molar-refractivity contribution < 1.29 is 19.1 Å². The molecular weight excluding hydrogens is 240 g/mol. The maximum atomic E-state index is 11.9. The molecule has 100 valence electrons. The van der Waals surface area contributed by atoms with E-state index in [2.05, 4.69) is 10.6 Å². The SMILES string of the molecule is COCC(N)C(=O)N1CCC2(C1)NC(=O)NC2=O. The number of nitrogens with one attached hydrogen (secondary N) is 2. The number of rotatable bonds is 3. The first-order valence-electron chi connectivity index (χ1n) is 5.65. The van der Waals surface area contributed by atoms with Crippen molar-refractivity contribution in [3.05, 3.63) is 0 Å². The summed E-state index contributed by atoms with van der Waals surface area (Å²) in [6, 6.07) is -1.26. The van der Waals surface area contributed by atoms with Crippen LogP contribution in [0.1, 0.15) is 6.42 Å². The molecule has 1 spiro atoms. The maximum absolute atomic E-state index is 11.9. The van der Waals surface area contributed by atoms with Gasteiger partial charge in [-0.15, -0.1) is 0 Å². The lowest BCUT2D eigenvalue weighted by atomic mass is 9.99. The molecule has 4 amide bonds. The molecule has 0 saturated carbocycles. The van der Waals surface area contributed by atoms with Crippen LogP contribution in [0.3, 0.4) is 0 Å². The van der Waals surface area contributed by atoms with E-state index in [1.54, 1.807) is 0 Å². The molecule has 2 rings (SSSR count). The molecule has 2 unspecified atom stereocenters. The lowest BCUT2D eigenvalue weighted by Gasteiger charge is -2.23. The van der Waals surface area contributed by atoms with Crippen molar-refractivity contribution in [2.24, 2.45) is 5.73 Å². The second-order valence-corrected chi connectivity index (χ2v) is 4.56. The molecule has 0 aliphatic carbocycles. The Morgan fingerprint density at radius 1 is 1.61 bits per heavy atom. The number of urea groups is 1. The van der Waals surface area contributed by atoms with Crippen LogP contribution in [0.2, 0.25) is 0 Å². The van der Waals surface area contributed by atoms with Crippen molar-refractivity contribution in [3.8, 4) is 0 Å². The van der Waals surface area contributed by atoms with Crippen LogP contribution in [0, 0.1) is 0 Å². The monoisotopic (exact) mass is 256 g/mol. The predicted molar refractivity (Wildman–Crippen MR) is 60.5 cm³/mol. The summed E-state index contributed by atoms with van der Waals surface area (Å²) in [4.78, 5) is 36.2. The number of amides is 4. The Morgan fingerprint density at radius 2 is 2.33 bits per heavy atom. The Bertz CT molecular complexity index is 399. The summed E-state index contributed by atoms with van der Waals surface area (Å²) in [5, 5.41) is 4.75. The summed E-state index contributed by atoms with van der Waals surface area (Å²) < 4.78 is 4.82. The molecule has 8 nitrogen and oxygen atoms in total. The number of hydrogen-bond donors (Lipinski definition) is 3. The summed E-state index contributed by atoms with van der Waals surface area (Å²) in [6.07, 6.45) is 0.399. The van der Waals surface area contributed by atoms with Gasteiger partial charge in [-0.3, -0.25) is 14.9 Å². The minimum absolute atomic E-state index is 0.126. The summed E-state index contributed by atoms with van der Waals surface area (Å²) in [6.45, 7) is 0.672. The molecule has 2 fully saturated rings. The number of likely N-dealkylation sites (tertiary alicyclic amines) is 1. The van der Waals surface area contributed by atoms with Crippen molar-refractivity contribution in [1.29, 1.82) is 0 Å². The topological polar surface area (TPSA) is 114 Å². The van der Waals surface area contributed by atoms with Crippen LogP contribution < -0.4 is 16.4 Å². The zero-order valence-electron chi connectivity index (χ0n) is 10.1. The van der Waals surface area contributed by atoms with Crippen LogP contribution in [-0.4, -0.2) is 61.1 Å². The standard InChI is InChI=1S/C10H16N4O4/c1-18-4-6(11)7(15)14-3-2-10(5-14)8(16)12-9(17)13-10/h6H,2-5,11H2,1H3,(H2,12,13,16,17). The average Bonchev–Trinajstić information content (AvgIpc) is 2.84. The highest BCUT2D eigenvalue weighted by Gasteiger charge is 2.51. The number of ether oxygens (including phenoxy) is 1. The van der Waals surface area contributed by atoms with Gasteiger partial charge in [0.1, 0.15) is 11.6 Å². The van der Waals surface area contributed by atoms with Crippen molar-refractivity contribution in [2.75, 3.05) is 26.8 Å². The molecule has 4 N–H and O–H groups in total. The lowest BCUT2D eigenvalue weighted by Crippen LogP contribution is -2.52. The summed E-state index contributed by atoms with van der Waals surface area (Å²) in [5.74, 6) is -0.661. The molecule has 2 atom stereocenters. The van der Waals surface area contributed by atoms with Gasteiger partial charge in [0.2, 0.25) is 5.91 Å². The van der Waals surface area contributed by atoms with E-state index in [1.165, 1.54) is 12.0 Å². The lowest BCUT2D eigenvalue weighted by molar-refractivity contribution is -0.133. The third-order valence-corrected chi connectivity index (χ3v) is 3.26. The van der Waals surface area contributed by atoms with Crippen LogP contribution >= 0.6 is 0 Å². The molecule has 2 aliphatic rings. The molecule has 0 aromatic carbocycles. The smallest absolute Gasteiger partial charge is 0.322 e. The highest BCUT2D eigenvalue weighted by atomic mass is 16.5. The third-order valence-electron chi connectivity index (χ3n) is 3.26. The summed E-state index contributed by atoms with van der Waals surface area (Å²) >= 11 is 0. The Morgan fingerprint density at radius 3 is 2.89 bits per heavy atom. The average molecular weight is 256 g/mol. The second-order valence-electron chi connectivity index (χ2n) is 4.56. The minimum atomic E-state index is -0.987. The van der Waals surface area contributed by atoms with E-state index < -0.39 is 17.6 Å². The van der Waals surface area contributed by atoms with Gasteiger partial charge in [0.05, 0.1) is 13.2 Å². The van der Waals surface area contributed by atoms with Crippen molar-refractivity contribution in [3.63, 3.8) is 0 Å². The molecule has 0 radical (unpaired) electrons. The van der Waals surface area contributed by atoms with Gasteiger partial charge in [-0.2, -0.15) is 0 Å². The summed E-state index contributed by atoms with van der Waals surface area (Å²) in [5.41, 5.74) is 4.67. The Labute approximate surface area is 104 Å². The Hall–Kier alpha value is -1.67. The largest absolute Gasteiger partial charge is 0.383 e. The number of carbonyl (C=O) groups excluding carboxylic acids is 3. The first-order valence-corrected chi connectivity index (χ1v) is 5.65. The fourth-order valence-corrected chi connectivity index (χ4v) is 2.30. The van der Waals surface area contributed by atoms with Gasteiger partial charge in [0.25, 0.3) is 5.91 Å². The van der Waals surface area contributed by atoms with Crippen molar-refractivity contribution >= 4 is 17.8 Å². The molecule has 2 saturated heterocycles. The molecule has 2 aliphatic heterocycles. The Kier molecular flexibility index (Phi) is 3.22. The fourth-order valence-electron chi connectivity index (χ4n) is 2.30. The Balaban J connectivity index is 2.02. The highest BCUT2D eigenvalue weighted by molar-refractivity contribution is 6.07. The maximum Gasteiger partial charge on any atom is 0.322 e. The molecule has 0 bridgehead atoms. The van der Waals surface area contributed by atoms with Crippen LogP contribution in [-0.2, 0) is 14.3 Å². The van der Waals surface area contributed by atoms with E-state index in [0.29, 0.717) is 13.0 Å².